The van der Waals surface area contributed by atoms with Crippen LogP contribution in [-0.2, 0) is 4.74 Å². The molecule has 2 aromatic heterocycles. The van der Waals surface area contributed by atoms with Gasteiger partial charge in [0.15, 0.2) is 0 Å². The topological polar surface area (TPSA) is 59.1 Å². The monoisotopic (exact) mass is 448 g/mol. The largest absolute Gasteiger partial charge is 0.381 e. The van der Waals surface area contributed by atoms with E-state index in [-0.39, 0.29) is 6.54 Å². The normalized spacial score (nSPS) is 18.6. The van der Waals surface area contributed by atoms with Crippen LogP contribution < -0.4 is 10.6 Å². The third kappa shape index (κ3) is 6.78. The Bertz CT molecular complexity index is 823. The van der Waals surface area contributed by atoms with Gasteiger partial charge in [-0.25, -0.2) is 14.4 Å². The van der Waals surface area contributed by atoms with Gasteiger partial charge in [-0.2, -0.15) is 0 Å². The van der Waals surface area contributed by atoms with E-state index in [2.05, 4.69) is 20.6 Å². The summed E-state index contributed by atoms with van der Waals surface area (Å²) in [6, 6.07) is 8.09. The van der Waals surface area contributed by atoms with Gasteiger partial charge in [0, 0.05) is 43.9 Å². The summed E-state index contributed by atoms with van der Waals surface area (Å²) in [5, 5.41) is 7.23. The molecule has 2 N–H and O–H groups in total. The van der Waals surface area contributed by atoms with E-state index in [4.69, 9.17) is 16.3 Å². The number of nitrogens with zero attached hydrogens (tertiary/aromatic N) is 2. The Balaban J connectivity index is 0.00000132. The third-order valence-corrected chi connectivity index (χ3v) is 6.11. The molecule has 2 aliphatic rings. The second-order valence-electron chi connectivity index (χ2n) is 8.05. The van der Waals surface area contributed by atoms with Gasteiger partial charge in [-0.1, -0.05) is 50.8 Å². The molecule has 0 radical (unpaired) electrons. The number of hydrogen-bond acceptors (Lipinski definition) is 5. The summed E-state index contributed by atoms with van der Waals surface area (Å²) >= 11 is 6.42. The Labute approximate surface area is 190 Å². The Morgan fingerprint density at radius 2 is 1.87 bits per heavy atom. The van der Waals surface area contributed by atoms with Gasteiger partial charge in [-0.15, -0.1) is 0 Å². The zero-order valence-corrected chi connectivity index (χ0v) is 19.3. The van der Waals surface area contributed by atoms with Crippen LogP contribution in [0.15, 0.2) is 30.5 Å². The molecular weight excluding hydrogens is 415 g/mol. The first kappa shape index (κ1) is 23.7. The molecule has 3 heterocycles. The third-order valence-electron chi connectivity index (χ3n) is 5.81. The van der Waals surface area contributed by atoms with E-state index in [1.165, 1.54) is 32.1 Å². The van der Waals surface area contributed by atoms with E-state index in [0.717, 1.165) is 17.1 Å². The molecule has 7 heteroatoms. The molecule has 2 fully saturated rings. The molecule has 2 aromatic rings. The molecule has 0 atom stereocenters. The van der Waals surface area contributed by atoms with Gasteiger partial charge >= 0.3 is 0 Å². The Kier molecular flexibility index (Phi) is 8.90. The van der Waals surface area contributed by atoms with E-state index in [0.29, 0.717) is 42.9 Å². The predicted octanol–water partition coefficient (Wildman–Crippen LogP) is 6.50. The summed E-state index contributed by atoms with van der Waals surface area (Å²) in [6.07, 6.45) is 8.67. The lowest BCUT2D eigenvalue weighted by molar-refractivity contribution is -0.00119. The van der Waals surface area contributed by atoms with Gasteiger partial charge < -0.3 is 15.4 Å². The molecule has 1 saturated heterocycles. The number of ether oxygens (including phenoxy) is 1. The minimum atomic E-state index is -1.25. The van der Waals surface area contributed by atoms with Crippen molar-refractivity contribution < 1.29 is 9.13 Å². The van der Waals surface area contributed by atoms with Crippen LogP contribution in [0.5, 0.6) is 0 Å². The fourth-order valence-electron chi connectivity index (χ4n) is 4.02. The lowest BCUT2D eigenvalue weighted by Crippen LogP contribution is -2.38. The maximum atomic E-state index is 14.8. The summed E-state index contributed by atoms with van der Waals surface area (Å²) in [5.41, 5.74) is 0.320. The number of nitrogens with one attached hydrogen (secondary N) is 2. The molecule has 1 saturated carbocycles. The number of rotatable bonds is 6. The van der Waals surface area contributed by atoms with Crippen LogP contribution in [0, 0.1) is 0 Å². The number of pyridine rings is 2. The summed E-state index contributed by atoms with van der Waals surface area (Å²) in [4.78, 5) is 9.10. The van der Waals surface area contributed by atoms with E-state index in [1.807, 2.05) is 38.1 Å². The Hall–Kier alpha value is -1.92. The molecule has 1 aliphatic heterocycles. The average molecular weight is 449 g/mol. The van der Waals surface area contributed by atoms with E-state index < -0.39 is 5.67 Å². The van der Waals surface area contributed by atoms with E-state index in [1.54, 1.807) is 6.20 Å². The summed E-state index contributed by atoms with van der Waals surface area (Å²) in [5.74, 6) is 1.46. The highest BCUT2D eigenvalue weighted by Crippen LogP contribution is 2.31. The molecule has 0 spiro atoms. The van der Waals surface area contributed by atoms with Crippen molar-refractivity contribution >= 4 is 23.2 Å². The number of alkyl halides is 1. The van der Waals surface area contributed by atoms with Crippen molar-refractivity contribution in [1.82, 2.24) is 9.97 Å². The molecule has 31 heavy (non-hydrogen) atoms. The number of hydrogen-bond donors (Lipinski definition) is 2. The minimum absolute atomic E-state index is 0.228. The second kappa shape index (κ2) is 11.6. The van der Waals surface area contributed by atoms with Crippen LogP contribution >= 0.6 is 11.6 Å². The fraction of sp³-hybridized carbons (Fsp3) is 0.583. The molecule has 0 aromatic carbocycles. The number of anilines is 2. The van der Waals surface area contributed by atoms with Gasteiger partial charge in [0.1, 0.15) is 17.3 Å². The minimum Gasteiger partial charge on any atom is -0.381 e. The quantitative estimate of drug-likeness (QED) is 0.528. The predicted molar refractivity (Wildman–Crippen MR) is 127 cm³/mol. The molecule has 0 bridgehead atoms. The molecule has 5 nitrogen and oxygen atoms in total. The highest BCUT2D eigenvalue weighted by molar-refractivity contribution is 6.33. The smallest absolute Gasteiger partial charge is 0.132 e. The van der Waals surface area contributed by atoms with Crippen LogP contribution in [0.25, 0.3) is 11.3 Å². The average Bonchev–Trinajstić information content (AvgIpc) is 2.82. The maximum Gasteiger partial charge on any atom is 0.132 e. The first-order chi connectivity index (χ1) is 15.1. The van der Waals surface area contributed by atoms with Gasteiger partial charge in [0.05, 0.1) is 17.3 Å². The first-order valence-corrected chi connectivity index (χ1v) is 11.9. The first-order valence-electron chi connectivity index (χ1n) is 11.5. The van der Waals surface area contributed by atoms with Gasteiger partial charge in [-0.3, -0.25) is 0 Å². The highest BCUT2D eigenvalue weighted by atomic mass is 35.5. The van der Waals surface area contributed by atoms with Crippen molar-refractivity contribution in [2.75, 3.05) is 30.4 Å². The zero-order valence-electron chi connectivity index (χ0n) is 18.6. The molecule has 4 rings (SSSR count). The molecule has 0 amide bonds. The van der Waals surface area contributed by atoms with Crippen molar-refractivity contribution in [2.24, 2.45) is 0 Å². The summed E-state index contributed by atoms with van der Waals surface area (Å²) in [7, 11) is 0. The van der Waals surface area contributed by atoms with Crippen LogP contribution in [-0.4, -0.2) is 41.4 Å². The van der Waals surface area contributed by atoms with Crippen molar-refractivity contribution in [3.05, 3.63) is 35.5 Å². The Morgan fingerprint density at radius 3 is 2.61 bits per heavy atom. The molecule has 1 aliphatic carbocycles. The van der Waals surface area contributed by atoms with Crippen LogP contribution in [0.3, 0.4) is 0 Å². The molecular formula is C24H34ClFN4O. The van der Waals surface area contributed by atoms with Crippen LogP contribution in [0.1, 0.15) is 58.8 Å². The fourth-order valence-corrected chi connectivity index (χ4v) is 4.22. The number of halogens is 2. The summed E-state index contributed by atoms with van der Waals surface area (Å²) in [6.45, 7) is 5.16. The van der Waals surface area contributed by atoms with Crippen LogP contribution in [0.4, 0.5) is 16.0 Å². The lowest BCUT2D eigenvalue weighted by atomic mass is 9.95. The van der Waals surface area contributed by atoms with E-state index >= 15 is 0 Å². The summed E-state index contributed by atoms with van der Waals surface area (Å²) < 4.78 is 20.1. The van der Waals surface area contributed by atoms with Crippen molar-refractivity contribution in [3.8, 4) is 11.3 Å². The highest BCUT2D eigenvalue weighted by Gasteiger charge is 2.32. The number of aromatic nitrogens is 2. The maximum absolute atomic E-state index is 14.8. The SMILES string of the molecule is CC.FC1(CNc2cccc(-c3cc(NC4CCCCC4)ncc3Cl)n2)CCOCC1. The molecule has 170 valence electrons. The second-order valence-corrected chi connectivity index (χ2v) is 8.46. The lowest BCUT2D eigenvalue weighted by Gasteiger charge is -2.29. The van der Waals surface area contributed by atoms with Crippen molar-refractivity contribution in [3.63, 3.8) is 0 Å². The molecule has 0 unspecified atom stereocenters. The van der Waals surface area contributed by atoms with Gasteiger partial charge in [0.25, 0.3) is 0 Å². The standard InChI is InChI=1S/C22H28ClFN4O.C2H6/c23-18-14-25-21(27-16-5-2-1-3-6-16)13-17(18)19-7-4-8-20(28-19)26-15-22(24)9-11-29-12-10-22;1-2/h4,7-8,13-14,16H,1-3,5-6,9-12,15H2,(H,25,27)(H,26,28);1-2H3. The van der Waals surface area contributed by atoms with Crippen molar-refractivity contribution in [1.29, 1.82) is 0 Å². The van der Waals surface area contributed by atoms with Crippen LogP contribution in [0.2, 0.25) is 5.02 Å². The van der Waals surface area contributed by atoms with Gasteiger partial charge in [-0.05, 0) is 31.0 Å². The van der Waals surface area contributed by atoms with E-state index in [9.17, 15) is 4.39 Å². The van der Waals surface area contributed by atoms with Gasteiger partial charge in [0.2, 0.25) is 0 Å². The van der Waals surface area contributed by atoms with Crippen molar-refractivity contribution in [2.45, 2.75) is 70.5 Å². The Morgan fingerprint density at radius 1 is 1.13 bits per heavy atom. The zero-order chi connectivity index (χ0) is 22.1.